The second-order valence-electron chi connectivity index (χ2n) is 5.17. The summed E-state index contributed by atoms with van der Waals surface area (Å²) in [7, 11) is 1.81. The molecule has 0 unspecified atom stereocenters. The number of rotatable bonds is 1. The van der Waals surface area contributed by atoms with E-state index in [9.17, 15) is 4.79 Å². The number of halogens is 1. The number of hydrogen-bond acceptors (Lipinski definition) is 3. The molecule has 2 aromatic heterocycles. The van der Waals surface area contributed by atoms with Gasteiger partial charge in [0.1, 0.15) is 10.2 Å². The second-order valence-corrected chi connectivity index (χ2v) is 5.96. The summed E-state index contributed by atoms with van der Waals surface area (Å²) >= 11 is 3.30. The van der Waals surface area contributed by atoms with Crippen molar-refractivity contribution in [2.75, 3.05) is 0 Å². The monoisotopic (exact) mass is 310 g/mol. The van der Waals surface area contributed by atoms with Crippen molar-refractivity contribution >= 4 is 15.9 Å². The van der Waals surface area contributed by atoms with Crippen LogP contribution in [0.2, 0.25) is 0 Å². The average Bonchev–Trinajstić information content (AvgIpc) is 2.66. The molecule has 2 aromatic rings. The summed E-state index contributed by atoms with van der Waals surface area (Å²) in [5, 5.41) is 4.08. The maximum atomic E-state index is 11.9. The van der Waals surface area contributed by atoms with Crippen molar-refractivity contribution in [1.29, 1.82) is 0 Å². The maximum absolute atomic E-state index is 11.9. The molecule has 96 valence electrons. The minimum absolute atomic E-state index is 0.175. The average molecular weight is 311 g/mol. The zero-order valence-electron chi connectivity index (χ0n) is 10.8. The van der Waals surface area contributed by atoms with Crippen molar-refractivity contribution in [3.63, 3.8) is 0 Å². The lowest BCUT2D eigenvalue weighted by atomic mass is 9.92. The minimum Gasteiger partial charge on any atom is -0.304 e. The molecule has 6 heteroatoms. The molecule has 0 aliphatic carbocycles. The van der Waals surface area contributed by atoms with Crippen LogP contribution in [0, 0.1) is 0 Å². The standard InChI is InChI=1S/C12H15BrN4O/c1-12(2,3)9-8(13)11(18)16-10(15-9)7-5-6-14-17(7)4/h5-6H,1-4H3,(H,15,16,18). The Hall–Kier alpha value is -1.43. The van der Waals surface area contributed by atoms with Gasteiger partial charge in [-0.15, -0.1) is 0 Å². The van der Waals surface area contributed by atoms with Gasteiger partial charge < -0.3 is 4.98 Å². The van der Waals surface area contributed by atoms with Crippen LogP contribution in [0.5, 0.6) is 0 Å². The highest BCUT2D eigenvalue weighted by atomic mass is 79.9. The van der Waals surface area contributed by atoms with E-state index in [2.05, 4.69) is 31.0 Å². The van der Waals surface area contributed by atoms with Gasteiger partial charge in [0.25, 0.3) is 5.56 Å². The molecular formula is C12H15BrN4O. The SMILES string of the molecule is Cn1nccc1-c1nc(C(C)(C)C)c(Br)c(=O)[nH]1. The zero-order chi connectivity index (χ0) is 13.5. The molecule has 0 atom stereocenters. The third kappa shape index (κ3) is 2.25. The lowest BCUT2D eigenvalue weighted by Gasteiger charge is -2.19. The van der Waals surface area contributed by atoms with Crippen molar-refractivity contribution in [3.8, 4) is 11.5 Å². The fourth-order valence-corrected chi connectivity index (χ4v) is 2.47. The molecule has 0 saturated carbocycles. The molecule has 0 fully saturated rings. The Kier molecular flexibility index (Phi) is 3.14. The van der Waals surface area contributed by atoms with Crippen LogP contribution in [0.1, 0.15) is 26.5 Å². The van der Waals surface area contributed by atoms with Gasteiger partial charge >= 0.3 is 0 Å². The zero-order valence-corrected chi connectivity index (χ0v) is 12.4. The molecule has 0 spiro atoms. The number of aromatic amines is 1. The van der Waals surface area contributed by atoms with Crippen LogP contribution in [0.3, 0.4) is 0 Å². The molecule has 0 saturated heterocycles. The highest BCUT2D eigenvalue weighted by Gasteiger charge is 2.22. The molecule has 0 bridgehead atoms. The highest BCUT2D eigenvalue weighted by molar-refractivity contribution is 9.10. The van der Waals surface area contributed by atoms with Crippen LogP contribution in [0.4, 0.5) is 0 Å². The first-order valence-electron chi connectivity index (χ1n) is 5.59. The van der Waals surface area contributed by atoms with E-state index in [0.29, 0.717) is 10.3 Å². The van der Waals surface area contributed by atoms with Gasteiger partial charge in [0.2, 0.25) is 0 Å². The summed E-state index contributed by atoms with van der Waals surface area (Å²) in [4.78, 5) is 19.2. The van der Waals surface area contributed by atoms with E-state index in [0.717, 1.165) is 11.4 Å². The van der Waals surface area contributed by atoms with Gasteiger partial charge in [-0.3, -0.25) is 9.48 Å². The molecule has 0 aliphatic rings. The summed E-state index contributed by atoms with van der Waals surface area (Å²) in [5.41, 5.74) is 1.14. The molecule has 18 heavy (non-hydrogen) atoms. The third-order valence-electron chi connectivity index (χ3n) is 2.64. The lowest BCUT2D eigenvalue weighted by Crippen LogP contribution is -2.22. The van der Waals surface area contributed by atoms with E-state index in [1.807, 2.05) is 33.9 Å². The molecule has 2 rings (SSSR count). The summed E-state index contributed by atoms with van der Waals surface area (Å²) in [6, 6.07) is 1.82. The second kappa shape index (κ2) is 4.35. The Labute approximate surface area is 113 Å². The van der Waals surface area contributed by atoms with E-state index < -0.39 is 0 Å². The smallest absolute Gasteiger partial charge is 0.265 e. The Morgan fingerprint density at radius 3 is 2.56 bits per heavy atom. The van der Waals surface area contributed by atoms with Crippen LogP contribution in [-0.4, -0.2) is 19.7 Å². The van der Waals surface area contributed by atoms with Gasteiger partial charge in [-0.1, -0.05) is 20.8 Å². The number of H-pyrrole nitrogens is 1. The predicted molar refractivity (Wildman–Crippen MR) is 73.5 cm³/mol. The van der Waals surface area contributed by atoms with Gasteiger partial charge in [0, 0.05) is 18.7 Å². The highest BCUT2D eigenvalue weighted by Crippen LogP contribution is 2.26. The van der Waals surface area contributed by atoms with Crippen molar-refractivity contribution in [3.05, 3.63) is 32.8 Å². The van der Waals surface area contributed by atoms with E-state index in [1.54, 1.807) is 10.9 Å². The Morgan fingerprint density at radius 2 is 2.06 bits per heavy atom. The van der Waals surface area contributed by atoms with Gasteiger partial charge in [-0.2, -0.15) is 5.10 Å². The van der Waals surface area contributed by atoms with Crippen LogP contribution in [0.25, 0.3) is 11.5 Å². The minimum atomic E-state index is -0.208. The first kappa shape index (κ1) is 13.0. The predicted octanol–water partition coefficient (Wildman–Crippen LogP) is 2.23. The topological polar surface area (TPSA) is 63.6 Å². The Balaban J connectivity index is 2.70. The molecule has 0 radical (unpaired) electrons. The van der Waals surface area contributed by atoms with E-state index in [-0.39, 0.29) is 11.0 Å². The Morgan fingerprint density at radius 1 is 1.39 bits per heavy atom. The van der Waals surface area contributed by atoms with Crippen LogP contribution in [-0.2, 0) is 12.5 Å². The number of aromatic nitrogens is 4. The van der Waals surface area contributed by atoms with Gasteiger partial charge in [-0.25, -0.2) is 4.98 Å². The largest absolute Gasteiger partial charge is 0.304 e. The molecule has 0 amide bonds. The van der Waals surface area contributed by atoms with Gasteiger partial charge in [-0.05, 0) is 22.0 Å². The summed E-state index contributed by atoms with van der Waals surface area (Å²) in [5.74, 6) is 0.535. The van der Waals surface area contributed by atoms with E-state index in [4.69, 9.17) is 0 Å². The fraction of sp³-hybridized carbons (Fsp3) is 0.417. The molecular weight excluding hydrogens is 296 g/mol. The number of hydrogen-bond donors (Lipinski definition) is 1. The van der Waals surface area contributed by atoms with E-state index in [1.165, 1.54) is 0 Å². The molecule has 5 nitrogen and oxygen atoms in total. The van der Waals surface area contributed by atoms with Gasteiger partial charge in [0.05, 0.1) is 5.69 Å². The third-order valence-corrected chi connectivity index (χ3v) is 3.37. The fourth-order valence-electron chi connectivity index (χ4n) is 1.68. The molecule has 2 heterocycles. The molecule has 0 aromatic carbocycles. The summed E-state index contributed by atoms with van der Waals surface area (Å²) in [6.45, 7) is 6.06. The maximum Gasteiger partial charge on any atom is 0.265 e. The number of nitrogens with zero attached hydrogens (tertiary/aromatic N) is 3. The van der Waals surface area contributed by atoms with Crippen molar-refractivity contribution < 1.29 is 0 Å². The van der Waals surface area contributed by atoms with Crippen LogP contribution < -0.4 is 5.56 Å². The van der Waals surface area contributed by atoms with Crippen LogP contribution in [0.15, 0.2) is 21.5 Å². The van der Waals surface area contributed by atoms with Gasteiger partial charge in [0.15, 0.2) is 5.82 Å². The first-order valence-corrected chi connectivity index (χ1v) is 6.38. The lowest BCUT2D eigenvalue weighted by molar-refractivity contribution is 0.562. The summed E-state index contributed by atoms with van der Waals surface area (Å²) in [6.07, 6.45) is 1.67. The first-order chi connectivity index (χ1) is 8.30. The van der Waals surface area contributed by atoms with E-state index >= 15 is 0 Å². The normalized spacial score (nSPS) is 11.8. The molecule has 0 aliphatic heterocycles. The van der Waals surface area contributed by atoms with Crippen molar-refractivity contribution in [1.82, 2.24) is 19.7 Å². The number of nitrogens with one attached hydrogen (secondary N) is 1. The quantitative estimate of drug-likeness (QED) is 0.878. The Bertz CT molecular complexity index is 636. The molecule has 1 N–H and O–H groups in total. The van der Waals surface area contributed by atoms with Crippen molar-refractivity contribution in [2.45, 2.75) is 26.2 Å². The number of aryl methyl sites for hydroxylation is 1. The summed E-state index contributed by atoms with van der Waals surface area (Å²) < 4.78 is 2.17. The van der Waals surface area contributed by atoms with Crippen molar-refractivity contribution in [2.24, 2.45) is 7.05 Å². The van der Waals surface area contributed by atoms with Crippen LogP contribution >= 0.6 is 15.9 Å².